The van der Waals surface area contributed by atoms with E-state index in [-0.39, 0.29) is 29.3 Å². The van der Waals surface area contributed by atoms with Crippen molar-refractivity contribution in [1.82, 2.24) is 5.32 Å². The maximum absolute atomic E-state index is 12.7. The van der Waals surface area contributed by atoms with Gasteiger partial charge in [0.05, 0.1) is 17.1 Å². The Bertz CT molecular complexity index is 881. The lowest BCUT2D eigenvalue weighted by atomic mass is 10.2. The van der Waals surface area contributed by atoms with Gasteiger partial charge in [-0.05, 0) is 42.5 Å². The molecule has 26 heavy (non-hydrogen) atoms. The molecule has 0 aliphatic carbocycles. The van der Waals surface area contributed by atoms with Crippen molar-refractivity contribution in [3.63, 3.8) is 0 Å². The maximum atomic E-state index is 12.7. The molecule has 0 atom stereocenters. The molecule has 140 valence electrons. The number of alkyl halides is 3. The van der Waals surface area contributed by atoms with Gasteiger partial charge in [0.1, 0.15) is 0 Å². The second-order valence-corrected chi connectivity index (χ2v) is 6.87. The Labute approximate surface area is 147 Å². The Morgan fingerprint density at radius 2 is 1.73 bits per heavy atom. The summed E-state index contributed by atoms with van der Waals surface area (Å²) >= 11 is 0. The first kappa shape index (κ1) is 19.7. The van der Waals surface area contributed by atoms with Crippen molar-refractivity contribution in [2.24, 2.45) is 0 Å². The molecule has 2 aromatic carbocycles. The third-order valence-corrected chi connectivity index (χ3v) is 4.66. The van der Waals surface area contributed by atoms with Gasteiger partial charge in [-0.1, -0.05) is 6.07 Å². The number of rotatable bonds is 6. The van der Waals surface area contributed by atoms with Crippen LogP contribution in [0.3, 0.4) is 0 Å². The summed E-state index contributed by atoms with van der Waals surface area (Å²) in [5.41, 5.74) is -1.03. The SMILES string of the molecule is O=C(NCCO)c1ccc(S(=O)(=O)Nc2cccc(C(F)(F)F)c2)cc1. The van der Waals surface area contributed by atoms with E-state index in [1.165, 1.54) is 18.2 Å². The highest BCUT2D eigenvalue weighted by molar-refractivity contribution is 7.92. The van der Waals surface area contributed by atoms with E-state index in [1.807, 2.05) is 0 Å². The molecule has 0 saturated carbocycles. The van der Waals surface area contributed by atoms with Crippen molar-refractivity contribution in [2.45, 2.75) is 11.1 Å². The van der Waals surface area contributed by atoms with Gasteiger partial charge in [0.2, 0.25) is 0 Å². The lowest BCUT2D eigenvalue weighted by molar-refractivity contribution is -0.137. The topological polar surface area (TPSA) is 95.5 Å². The Hall–Kier alpha value is -2.59. The number of hydrogen-bond donors (Lipinski definition) is 3. The van der Waals surface area contributed by atoms with Crippen molar-refractivity contribution in [1.29, 1.82) is 0 Å². The minimum absolute atomic E-state index is 0.0516. The second kappa shape index (κ2) is 7.75. The lowest BCUT2D eigenvalue weighted by Gasteiger charge is -2.11. The van der Waals surface area contributed by atoms with Crippen molar-refractivity contribution < 1.29 is 31.5 Å². The van der Waals surface area contributed by atoms with Crippen LogP contribution in [-0.2, 0) is 16.2 Å². The van der Waals surface area contributed by atoms with Crippen LogP contribution in [-0.4, -0.2) is 32.6 Å². The van der Waals surface area contributed by atoms with Crippen molar-refractivity contribution in [3.05, 3.63) is 59.7 Å². The highest BCUT2D eigenvalue weighted by Gasteiger charge is 2.30. The molecule has 0 radical (unpaired) electrons. The average molecular weight is 388 g/mol. The second-order valence-electron chi connectivity index (χ2n) is 5.19. The molecule has 2 aromatic rings. The van der Waals surface area contributed by atoms with Crippen LogP contribution in [0.2, 0.25) is 0 Å². The van der Waals surface area contributed by atoms with Gasteiger partial charge < -0.3 is 10.4 Å². The van der Waals surface area contributed by atoms with Gasteiger partial charge in [-0.15, -0.1) is 0 Å². The van der Waals surface area contributed by atoms with Gasteiger partial charge >= 0.3 is 6.18 Å². The number of aliphatic hydroxyl groups is 1. The fourth-order valence-corrected chi connectivity index (χ4v) is 3.08. The number of anilines is 1. The molecule has 2 rings (SSSR count). The Morgan fingerprint density at radius 1 is 1.08 bits per heavy atom. The van der Waals surface area contributed by atoms with Gasteiger partial charge in [-0.3, -0.25) is 9.52 Å². The minimum atomic E-state index is -4.59. The molecule has 10 heteroatoms. The van der Waals surface area contributed by atoms with Gasteiger partial charge in [0.15, 0.2) is 0 Å². The summed E-state index contributed by atoms with van der Waals surface area (Å²) in [5, 5.41) is 11.1. The smallest absolute Gasteiger partial charge is 0.395 e. The third-order valence-electron chi connectivity index (χ3n) is 3.27. The number of carbonyl (C=O) groups excluding carboxylic acids is 1. The molecule has 0 aliphatic rings. The molecule has 0 aliphatic heterocycles. The van der Waals surface area contributed by atoms with Crippen molar-refractivity contribution in [3.8, 4) is 0 Å². The van der Waals surface area contributed by atoms with Crippen LogP contribution in [0.25, 0.3) is 0 Å². The van der Waals surface area contributed by atoms with E-state index in [2.05, 4.69) is 10.0 Å². The summed E-state index contributed by atoms with van der Waals surface area (Å²) in [4.78, 5) is 11.5. The average Bonchev–Trinajstić information content (AvgIpc) is 2.59. The Morgan fingerprint density at radius 3 is 2.31 bits per heavy atom. The minimum Gasteiger partial charge on any atom is -0.395 e. The molecule has 0 aromatic heterocycles. The zero-order chi connectivity index (χ0) is 19.4. The number of aliphatic hydroxyl groups excluding tert-OH is 1. The number of benzene rings is 2. The first-order valence-electron chi connectivity index (χ1n) is 7.33. The molecule has 0 heterocycles. The zero-order valence-electron chi connectivity index (χ0n) is 13.2. The predicted molar refractivity (Wildman–Crippen MR) is 88.1 cm³/mol. The third kappa shape index (κ3) is 4.96. The summed E-state index contributed by atoms with van der Waals surface area (Å²) in [6.07, 6.45) is -4.59. The molecule has 0 spiro atoms. The number of halogens is 3. The van der Waals surface area contributed by atoms with Crippen LogP contribution in [0.5, 0.6) is 0 Å². The van der Waals surface area contributed by atoms with Crippen LogP contribution in [0.1, 0.15) is 15.9 Å². The van der Waals surface area contributed by atoms with Crippen molar-refractivity contribution in [2.75, 3.05) is 17.9 Å². The van der Waals surface area contributed by atoms with E-state index in [9.17, 15) is 26.4 Å². The van der Waals surface area contributed by atoms with E-state index < -0.39 is 27.7 Å². The van der Waals surface area contributed by atoms with Crippen LogP contribution in [0, 0.1) is 0 Å². The largest absolute Gasteiger partial charge is 0.416 e. The molecular weight excluding hydrogens is 373 g/mol. The highest BCUT2D eigenvalue weighted by atomic mass is 32.2. The quantitative estimate of drug-likeness (QED) is 0.707. The number of hydrogen-bond acceptors (Lipinski definition) is 4. The molecule has 0 saturated heterocycles. The van der Waals surface area contributed by atoms with Crippen LogP contribution in [0.4, 0.5) is 18.9 Å². The standard InChI is InChI=1S/C16H15F3N2O4S/c17-16(18,19)12-2-1-3-13(10-12)21-26(24,25)14-6-4-11(5-7-14)15(23)20-8-9-22/h1-7,10,21-22H,8-9H2,(H,20,23). The van der Waals surface area contributed by atoms with Crippen LogP contribution in [0.15, 0.2) is 53.4 Å². The summed E-state index contributed by atoms with van der Waals surface area (Å²) in [7, 11) is -4.12. The summed E-state index contributed by atoms with van der Waals surface area (Å²) in [5.74, 6) is -0.492. The predicted octanol–water partition coefficient (Wildman–Crippen LogP) is 2.23. The maximum Gasteiger partial charge on any atom is 0.416 e. The molecule has 0 bridgehead atoms. The van der Waals surface area contributed by atoms with Crippen molar-refractivity contribution >= 4 is 21.6 Å². The molecule has 1 amide bonds. The lowest BCUT2D eigenvalue weighted by Crippen LogP contribution is -2.26. The summed E-state index contributed by atoms with van der Waals surface area (Å²) < 4.78 is 64.8. The molecular formula is C16H15F3N2O4S. The van der Waals surface area contributed by atoms with E-state index in [1.54, 1.807) is 0 Å². The fourth-order valence-electron chi connectivity index (χ4n) is 2.03. The molecule has 0 unspecified atom stereocenters. The number of sulfonamides is 1. The molecule has 0 fully saturated rings. The van der Waals surface area contributed by atoms with E-state index in [4.69, 9.17) is 5.11 Å². The van der Waals surface area contributed by atoms with Gasteiger partial charge in [-0.2, -0.15) is 13.2 Å². The normalized spacial score (nSPS) is 11.8. The van der Waals surface area contributed by atoms with Crippen LogP contribution >= 0.6 is 0 Å². The van der Waals surface area contributed by atoms with Gasteiger partial charge in [0, 0.05) is 17.8 Å². The Balaban J connectivity index is 2.19. The molecule has 6 nitrogen and oxygen atoms in total. The zero-order valence-corrected chi connectivity index (χ0v) is 14.1. The van der Waals surface area contributed by atoms with E-state index in [0.717, 1.165) is 24.3 Å². The first-order valence-corrected chi connectivity index (χ1v) is 8.81. The van der Waals surface area contributed by atoms with Crippen LogP contribution < -0.4 is 10.0 Å². The Kier molecular flexibility index (Phi) is 5.88. The monoisotopic (exact) mass is 388 g/mol. The summed E-state index contributed by atoms with van der Waals surface area (Å²) in [6, 6.07) is 8.64. The number of nitrogens with one attached hydrogen (secondary N) is 2. The summed E-state index contributed by atoms with van der Waals surface area (Å²) in [6.45, 7) is -0.185. The first-order chi connectivity index (χ1) is 12.1. The fraction of sp³-hybridized carbons (Fsp3) is 0.188. The van der Waals surface area contributed by atoms with Gasteiger partial charge in [0.25, 0.3) is 15.9 Å². The highest BCUT2D eigenvalue weighted by Crippen LogP contribution is 2.31. The molecule has 3 N–H and O–H groups in total. The van der Waals surface area contributed by atoms with E-state index >= 15 is 0 Å². The van der Waals surface area contributed by atoms with Gasteiger partial charge in [-0.25, -0.2) is 8.42 Å². The van der Waals surface area contributed by atoms with E-state index in [0.29, 0.717) is 6.07 Å². The number of carbonyl (C=O) groups is 1. The number of amides is 1.